The first-order chi connectivity index (χ1) is 8.52. The van der Waals surface area contributed by atoms with Crippen molar-refractivity contribution >= 4 is 12.0 Å². The van der Waals surface area contributed by atoms with Crippen LogP contribution < -0.4 is 5.32 Å². The van der Waals surface area contributed by atoms with Crippen molar-refractivity contribution in [2.75, 3.05) is 26.3 Å². The lowest BCUT2D eigenvalue weighted by atomic mass is 10.2. The number of likely N-dealkylation sites (tertiary alicyclic amines) is 1. The Labute approximate surface area is 107 Å². The smallest absolute Gasteiger partial charge is 0.326 e. The number of nitrogens with zero attached hydrogens (tertiary/aromatic N) is 1. The van der Waals surface area contributed by atoms with E-state index in [1.807, 2.05) is 6.92 Å². The summed E-state index contributed by atoms with van der Waals surface area (Å²) >= 11 is 0. The predicted molar refractivity (Wildman–Crippen MR) is 66.4 cm³/mol. The van der Waals surface area contributed by atoms with Crippen molar-refractivity contribution in [2.24, 2.45) is 0 Å². The van der Waals surface area contributed by atoms with E-state index in [0.717, 1.165) is 12.0 Å². The van der Waals surface area contributed by atoms with Crippen LogP contribution in [0.25, 0.3) is 0 Å². The van der Waals surface area contributed by atoms with Crippen LogP contribution in [-0.4, -0.2) is 54.4 Å². The Morgan fingerprint density at radius 3 is 2.89 bits per heavy atom. The minimum Gasteiger partial charge on any atom is -0.480 e. The van der Waals surface area contributed by atoms with Crippen LogP contribution in [0.15, 0.2) is 12.2 Å². The van der Waals surface area contributed by atoms with Gasteiger partial charge in [-0.05, 0) is 19.8 Å². The first-order valence-electron chi connectivity index (χ1n) is 6.01. The molecule has 6 heteroatoms. The molecule has 2 N–H and O–H groups in total. The molecule has 1 heterocycles. The van der Waals surface area contributed by atoms with E-state index in [9.17, 15) is 9.59 Å². The molecule has 1 aliphatic heterocycles. The molecule has 102 valence electrons. The van der Waals surface area contributed by atoms with Crippen LogP contribution in [-0.2, 0) is 9.53 Å². The third-order valence-electron chi connectivity index (χ3n) is 2.67. The average molecular weight is 256 g/mol. The maximum atomic E-state index is 11.7. The highest BCUT2D eigenvalue weighted by molar-refractivity contribution is 5.83. The van der Waals surface area contributed by atoms with Gasteiger partial charge >= 0.3 is 12.0 Å². The molecule has 1 rings (SSSR count). The van der Waals surface area contributed by atoms with Gasteiger partial charge in [-0.3, -0.25) is 0 Å². The molecule has 18 heavy (non-hydrogen) atoms. The number of rotatable bonds is 6. The van der Waals surface area contributed by atoms with Crippen LogP contribution in [0, 0.1) is 0 Å². The van der Waals surface area contributed by atoms with E-state index in [1.54, 1.807) is 0 Å². The van der Waals surface area contributed by atoms with Gasteiger partial charge in [0, 0.05) is 13.1 Å². The van der Waals surface area contributed by atoms with Crippen molar-refractivity contribution in [1.82, 2.24) is 10.2 Å². The van der Waals surface area contributed by atoms with Gasteiger partial charge in [-0.25, -0.2) is 9.59 Å². The molecular weight excluding hydrogens is 236 g/mol. The Balaban J connectivity index is 2.24. The van der Waals surface area contributed by atoms with E-state index >= 15 is 0 Å². The van der Waals surface area contributed by atoms with Gasteiger partial charge in [-0.2, -0.15) is 0 Å². The second-order valence-electron chi connectivity index (χ2n) is 4.43. The fourth-order valence-corrected chi connectivity index (χ4v) is 1.84. The lowest BCUT2D eigenvalue weighted by Gasteiger charge is -2.21. The molecule has 0 bridgehead atoms. The second kappa shape index (κ2) is 7.00. The minimum absolute atomic E-state index is 0.334. The summed E-state index contributed by atoms with van der Waals surface area (Å²) in [6.07, 6.45) is 1.26. The van der Waals surface area contributed by atoms with Crippen molar-refractivity contribution in [2.45, 2.75) is 25.8 Å². The van der Waals surface area contributed by atoms with Gasteiger partial charge < -0.3 is 20.1 Å². The van der Waals surface area contributed by atoms with Gasteiger partial charge in [0.25, 0.3) is 0 Å². The summed E-state index contributed by atoms with van der Waals surface area (Å²) in [5.74, 6) is -0.943. The zero-order chi connectivity index (χ0) is 13.5. The van der Waals surface area contributed by atoms with E-state index < -0.39 is 12.0 Å². The van der Waals surface area contributed by atoms with Crippen LogP contribution in [0.3, 0.4) is 0 Å². The third kappa shape index (κ3) is 4.37. The van der Waals surface area contributed by atoms with Crippen molar-refractivity contribution < 1.29 is 19.4 Å². The molecule has 1 aliphatic rings. The normalized spacial score (nSPS) is 18.7. The first-order valence-corrected chi connectivity index (χ1v) is 6.01. The summed E-state index contributed by atoms with van der Waals surface area (Å²) in [6, 6.07) is -1.03. The van der Waals surface area contributed by atoms with Crippen molar-refractivity contribution in [3.05, 3.63) is 12.2 Å². The van der Waals surface area contributed by atoms with Crippen molar-refractivity contribution in [1.29, 1.82) is 0 Å². The van der Waals surface area contributed by atoms with Gasteiger partial charge in [0.05, 0.1) is 13.2 Å². The molecule has 0 spiro atoms. The average Bonchev–Trinajstić information content (AvgIpc) is 2.76. The van der Waals surface area contributed by atoms with E-state index in [2.05, 4.69) is 11.9 Å². The van der Waals surface area contributed by atoms with Crippen molar-refractivity contribution in [3.8, 4) is 0 Å². The maximum Gasteiger partial charge on any atom is 0.326 e. The standard InChI is InChI=1S/C12H20N2O4/c1-9(2)8-18-7-5-13-12(17)14-6-3-4-10(14)11(15)16/h10H,1,3-8H2,2H3,(H,13,17)(H,15,16)/t10-/m1/s1. The number of urea groups is 1. The Hall–Kier alpha value is -1.56. The van der Waals surface area contributed by atoms with E-state index in [1.165, 1.54) is 4.90 Å². The maximum absolute atomic E-state index is 11.7. The molecule has 1 fully saturated rings. The number of carbonyl (C=O) groups is 2. The Kier molecular flexibility index (Phi) is 5.64. The zero-order valence-corrected chi connectivity index (χ0v) is 10.6. The van der Waals surface area contributed by atoms with Gasteiger partial charge in [-0.1, -0.05) is 12.2 Å². The highest BCUT2D eigenvalue weighted by Crippen LogP contribution is 2.16. The van der Waals surface area contributed by atoms with Crippen LogP contribution >= 0.6 is 0 Å². The Morgan fingerprint density at radius 1 is 1.56 bits per heavy atom. The van der Waals surface area contributed by atoms with E-state index in [0.29, 0.717) is 32.7 Å². The second-order valence-corrected chi connectivity index (χ2v) is 4.43. The van der Waals surface area contributed by atoms with Crippen LogP contribution in [0.4, 0.5) is 4.79 Å². The molecular formula is C12H20N2O4. The number of carboxylic acids is 1. The van der Waals surface area contributed by atoms with Crippen LogP contribution in [0.1, 0.15) is 19.8 Å². The number of hydrogen-bond acceptors (Lipinski definition) is 3. The van der Waals surface area contributed by atoms with Crippen molar-refractivity contribution in [3.63, 3.8) is 0 Å². The lowest BCUT2D eigenvalue weighted by Crippen LogP contribution is -2.46. The summed E-state index contributed by atoms with van der Waals surface area (Å²) in [4.78, 5) is 24.0. The monoisotopic (exact) mass is 256 g/mol. The fraction of sp³-hybridized carbons (Fsp3) is 0.667. The van der Waals surface area contributed by atoms with Crippen LogP contribution in [0.5, 0.6) is 0 Å². The molecule has 6 nitrogen and oxygen atoms in total. The molecule has 0 saturated carbocycles. The first kappa shape index (κ1) is 14.5. The molecule has 2 amide bonds. The molecule has 0 unspecified atom stereocenters. The Bertz CT molecular complexity index is 330. The number of nitrogens with one attached hydrogen (secondary N) is 1. The zero-order valence-electron chi connectivity index (χ0n) is 10.6. The molecule has 0 radical (unpaired) electrons. The Morgan fingerprint density at radius 2 is 2.28 bits per heavy atom. The van der Waals surface area contributed by atoms with E-state index in [4.69, 9.17) is 9.84 Å². The summed E-state index contributed by atoms with van der Waals surface area (Å²) in [6.45, 7) is 7.28. The molecule has 0 aromatic heterocycles. The number of amides is 2. The SMILES string of the molecule is C=C(C)COCCNC(=O)N1CCC[C@@H]1C(=O)O. The number of ether oxygens (including phenoxy) is 1. The topological polar surface area (TPSA) is 78.9 Å². The van der Waals surface area contributed by atoms with Gasteiger partial charge in [0.1, 0.15) is 6.04 Å². The summed E-state index contributed by atoms with van der Waals surface area (Å²) in [7, 11) is 0. The molecule has 0 aromatic carbocycles. The largest absolute Gasteiger partial charge is 0.480 e. The summed E-state index contributed by atoms with van der Waals surface area (Å²) in [5.41, 5.74) is 0.923. The quantitative estimate of drug-likeness (QED) is 0.545. The molecule has 0 aliphatic carbocycles. The van der Waals surface area contributed by atoms with E-state index in [-0.39, 0.29) is 6.03 Å². The molecule has 1 atom stereocenters. The predicted octanol–water partition coefficient (Wildman–Crippen LogP) is 0.838. The number of carbonyl (C=O) groups excluding carboxylic acids is 1. The summed E-state index contributed by atoms with van der Waals surface area (Å²) in [5, 5.41) is 11.6. The minimum atomic E-state index is -0.943. The number of hydrogen-bond donors (Lipinski definition) is 2. The number of carboxylic acid groups (broad SMARTS) is 1. The van der Waals surface area contributed by atoms with Gasteiger partial charge in [-0.15, -0.1) is 0 Å². The number of aliphatic carboxylic acids is 1. The lowest BCUT2D eigenvalue weighted by molar-refractivity contribution is -0.141. The third-order valence-corrected chi connectivity index (χ3v) is 2.67. The molecule has 0 aromatic rings. The highest BCUT2D eigenvalue weighted by Gasteiger charge is 2.33. The van der Waals surface area contributed by atoms with Gasteiger partial charge in [0.15, 0.2) is 0 Å². The summed E-state index contributed by atoms with van der Waals surface area (Å²) < 4.78 is 5.23. The highest BCUT2D eigenvalue weighted by atomic mass is 16.5. The molecule has 1 saturated heterocycles. The van der Waals surface area contributed by atoms with Crippen LogP contribution in [0.2, 0.25) is 0 Å². The fourth-order valence-electron chi connectivity index (χ4n) is 1.84. The van der Waals surface area contributed by atoms with Gasteiger partial charge in [0.2, 0.25) is 0 Å².